The molecule has 0 aliphatic rings. The Morgan fingerprint density at radius 3 is 2.24 bits per heavy atom. The highest BCUT2D eigenvalue weighted by Crippen LogP contribution is 2.18. The minimum absolute atomic E-state index is 0.0230. The zero-order valence-electron chi connectivity index (χ0n) is 11.8. The summed E-state index contributed by atoms with van der Waals surface area (Å²) in [5, 5.41) is 3.67. The van der Waals surface area contributed by atoms with Gasteiger partial charge in [0.2, 0.25) is 0 Å². The Balaban J connectivity index is 2.10. The lowest BCUT2D eigenvalue weighted by Gasteiger charge is -2.16. The first-order chi connectivity index (χ1) is 10.00. The third kappa shape index (κ3) is 4.84. The molecule has 0 heterocycles. The molecule has 0 fully saturated rings. The molecule has 0 radical (unpaired) electrons. The molecule has 3 nitrogen and oxygen atoms in total. The Hall–Kier alpha value is -1.36. The van der Waals surface area contributed by atoms with Crippen LogP contribution in [0.1, 0.15) is 17.2 Å². The highest BCUT2D eigenvalue weighted by Gasteiger charge is 2.19. The van der Waals surface area contributed by atoms with E-state index in [2.05, 4.69) is 5.32 Å². The second kappa shape index (κ2) is 7.07. The molecule has 0 saturated carbocycles. The average Bonchev–Trinajstić information content (AvgIpc) is 2.48. The summed E-state index contributed by atoms with van der Waals surface area (Å²) in [4.78, 5) is 0. The zero-order chi connectivity index (χ0) is 15.3. The largest absolute Gasteiger partial charge is 0.312 e. The molecule has 0 aliphatic carbocycles. The van der Waals surface area contributed by atoms with Crippen LogP contribution in [0.3, 0.4) is 0 Å². The van der Waals surface area contributed by atoms with Crippen LogP contribution in [0.2, 0.25) is 5.02 Å². The molecular weight excluding hydrogens is 306 g/mol. The first kappa shape index (κ1) is 16.0. The molecule has 0 aliphatic heterocycles. The summed E-state index contributed by atoms with van der Waals surface area (Å²) in [7, 11) is -1.44. The molecule has 1 N–H and O–H groups in total. The van der Waals surface area contributed by atoms with Crippen LogP contribution in [0.5, 0.6) is 0 Å². The Labute approximate surface area is 130 Å². The van der Waals surface area contributed by atoms with Crippen molar-refractivity contribution in [1.82, 2.24) is 5.32 Å². The van der Waals surface area contributed by atoms with E-state index in [1.807, 2.05) is 30.3 Å². The molecule has 1 atom stereocenters. The average molecular weight is 324 g/mol. The number of nitrogens with one attached hydrogen (secondary N) is 1. The molecule has 1 unspecified atom stereocenters. The van der Waals surface area contributed by atoms with Gasteiger partial charge in [-0.15, -0.1) is 0 Å². The summed E-state index contributed by atoms with van der Waals surface area (Å²) in [5.41, 5.74) is 1.72. The fourth-order valence-corrected chi connectivity index (χ4v) is 3.99. The number of rotatable bonds is 6. The Morgan fingerprint density at radius 2 is 1.67 bits per heavy atom. The van der Waals surface area contributed by atoms with Crippen LogP contribution in [0.4, 0.5) is 0 Å². The molecule has 112 valence electrons. The van der Waals surface area contributed by atoms with Crippen molar-refractivity contribution in [3.05, 3.63) is 70.7 Å². The second-order valence-electron chi connectivity index (χ2n) is 4.93. The van der Waals surface area contributed by atoms with Crippen molar-refractivity contribution >= 4 is 21.4 Å². The third-order valence-electron chi connectivity index (χ3n) is 3.27. The van der Waals surface area contributed by atoms with E-state index >= 15 is 0 Å². The minimum atomic E-state index is -3.21. The molecule has 21 heavy (non-hydrogen) atoms. The van der Waals surface area contributed by atoms with Crippen LogP contribution >= 0.6 is 11.6 Å². The summed E-state index contributed by atoms with van der Waals surface area (Å²) in [6, 6.07) is 16.3. The van der Waals surface area contributed by atoms with Crippen molar-refractivity contribution in [3.63, 3.8) is 0 Å². The zero-order valence-corrected chi connectivity index (χ0v) is 13.4. The maximum absolute atomic E-state index is 12.4. The number of hydrogen-bond acceptors (Lipinski definition) is 3. The Morgan fingerprint density at radius 1 is 1.05 bits per heavy atom. The van der Waals surface area contributed by atoms with Gasteiger partial charge in [0.05, 0.1) is 11.5 Å². The lowest BCUT2D eigenvalue weighted by molar-refractivity contribution is 0.573. The second-order valence-corrected chi connectivity index (χ2v) is 7.48. The molecule has 2 aromatic carbocycles. The molecule has 0 bridgehead atoms. The predicted octanol–water partition coefficient (Wildman–Crippen LogP) is 3.22. The van der Waals surface area contributed by atoms with Gasteiger partial charge in [-0.25, -0.2) is 8.42 Å². The molecule has 2 rings (SSSR count). The van der Waals surface area contributed by atoms with Gasteiger partial charge >= 0.3 is 0 Å². The molecule has 0 saturated heterocycles. The quantitative estimate of drug-likeness (QED) is 0.888. The van der Waals surface area contributed by atoms with Gasteiger partial charge in [-0.3, -0.25) is 0 Å². The Bertz CT molecular complexity index is 669. The van der Waals surface area contributed by atoms with E-state index in [0.717, 1.165) is 11.1 Å². The van der Waals surface area contributed by atoms with Crippen molar-refractivity contribution in [3.8, 4) is 0 Å². The monoisotopic (exact) mass is 323 g/mol. The van der Waals surface area contributed by atoms with Crippen LogP contribution in [0, 0.1) is 0 Å². The summed E-state index contributed by atoms with van der Waals surface area (Å²) in [5.74, 6) is 0.0886. The fourth-order valence-electron chi connectivity index (χ4n) is 2.18. The van der Waals surface area contributed by atoms with Gasteiger partial charge < -0.3 is 5.32 Å². The van der Waals surface area contributed by atoms with Gasteiger partial charge in [0.1, 0.15) is 0 Å². The van der Waals surface area contributed by atoms with E-state index in [0.29, 0.717) is 5.02 Å². The van der Waals surface area contributed by atoms with Gasteiger partial charge in [-0.2, -0.15) is 0 Å². The highest BCUT2D eigenvalue weighted by atomic mass is 35.5. The number of sulfone groups is 1. The highest BCUT2D eigenvalue weighted by molar-refractivity contribution is 7.90. The minimum Gasteiger partial charge on any atom is -0.312 e. The molecule has 5 heteroatoms. The number of benzene rings is 2. The molecule has 0 amide bonds. The first-order valence-electron chi connectivity index (χ1n) is 6.67. The van der Waals surface area contributed by atoms with Gasteiger partial charge in [0.15, 0.2) is 9.84 Å². The van der Waals surface area contributed by atoms with Gasteiger partial charge in [0.25, 0.3) is 0 Å². The van der Waals surface area contributed by atoms with Crippen molar-refractivity contribution in [2.45, 2.75) is 11.8 Å². The third-order valence-corrected chi connectivity index (χ3v) is 5.14. The number of hydrogen-bond donors (Lipinski definition) is 1. The summed E-state index contributed by atoms with van der Waals surface area (Å²) in [6.45, 7) is 0. The van der Waals surface area contributed by atoms with Crippen LogP contribution < -0.4 is 5.32 Å². The van der Waals surface area contributed by atoms with Gasteiger partial charge in [-0.05, 0) is 30.3 Å². The predicted molar refractivity (Wildman–Crippen MR) is 87.2 cm³/mol. The lowest BCUT2D eigenvalue weighted by atomic mass is 10.1. The van der Waals surface area contributed by atoms with Crippen LogP contribution in [-0.4, -0.2) is 21.2 Å². The van der Waals surface area contributed by atoms with Crippen molar-refractivity contribution in [1.29, 1.82) is 0 Å². The summed E-state index contributed by atoms with van der Waals surface area (Å²) < 4.78 is 24.7. The van der Waals surface area contributed by atoms with Crippen LogP contribution in [0.15, 0.2) is 54.6 Å². The van der Waals surface area contributed by atoms with Crippen LogP contribution in [0.25, 0.3) is 0 Å². The molecular formula is C16H18ClNO2S. The molecule has 0 spiro atoms. The normalized spacial score (nSPS) is 13.0. The van der Waals surface area contributed by atoms with Crippen molar-refractivity contribution in [2.24, 2.45) is 0 Å². The van der Waals surface area contributed by atoms with Crippen LogP contribution in [-0.2, 0) is 15.6 Å². The fraction of sp³-hybridized carbons (Fsp3) is 0.250. The number of halogens is 1. The van der Waals surface area contributed by atoms with E-state index in [-0.39, 0.29) is 17.5 Å². The topological polar surface area (TPSA) is 46.2 Å². The van der Waals surface area contributed by atoms with E-state index in [1.54, 1.807) is 31.3 Å². The van der Waals surface area contributed by atoms with E-state index in [9.17, 15) is 8.42 Å². The van der Waals surface area contributed by atoms with Gasteiger partial charge in [-0.1, -0.05) is 54.1 Å². The van der Waals surface area contributed by atoms with Gasteiger partial charge in [0, 0.05) is 11.1 Å². The van der Waals surface area contributed by atoms with Crippen molar-refractivity contribution in [2.75, 3.05) is 12.8 Å². The van der Waals surface area contributed by atoms with E-state index < -0.39 is 9.84 Å². The van der Waals surface area contributed by atoms with E-state index in [4.69, 9.17) is 11.6 Å². The van der Waals surface area contributed by atoms with Crippen molar-refractivity contribution < 1.29 is 8.42 Å². The standard InChI is InChI=1S/C16H18ClNO2S/c1-18-16(14-5-3-2-4-6-14)12-21(19,20)11-13-7-9-15(17)10-8-13/h2-10,16,18H,11-12H2,1H3. The summed E-state index contributed by atoms with van der Waals surface area (Å²) in [6.07, 6.45) is 0. The first-order valence-corrected chi connectivity index (χ1v) is 8.87. The summed E-state index contributed by atoms with van der Waals surface area (Å²) >= 11 is 5.81. The smallest absolute Gasteiger partial charge is 0.156 e. The molecule has 0 aromatic heterocycles. The SMILES string of the molecule is CNC(CS(=O)(=O)Cc1ccc(Cl)cc1)c1ccccc1. The molecule has 2 aromatic rings. The maximum Gasteiger partial charge on any atom is 0.156 e. The van der Waals surface area contributed by atoms with E-state index in [1.165, 1.54) is 0 Å². The lowest BCUT2D eigenvalue weighted by Crippen LogP contribution is -2.26. The Kier molecular flexibility index (Phi) is 5.39. The maximum atomic E-state index is 12.4.